The van der Waals surface area contributed by atoms with Crippen LogP contribution in [-0.2, 0) is 0 Å². The van der Waals surface area contributed by atoms with E-state index in [0.717, 1.165) is 65.9 Å². The third-order valence-corrected chi connectivity index (χ3v) is 10.5. The average Bonchev–Trinajstić information content (AvgIpc) is 3.14. The molecule has 0 aliphatic carbocycles. The molecule has 0 radical (unpaired) electrons. The molecule has 8 aromatic rings. The zero-order valence-electron chi connectivity index (χ0n) is 26.4. The Hall–Kier alpha value is -5.77. The van der Waals surface area contributed by atoms with Crippen molar-refractivity contribution in [1.82, 2.24) is 0 Å². The molecule has 2 nitrogen and oxygen atoms in total. The largest absolute Gasteiger partial charge is 0.454 e. The predicted molar refractivity (Wildman–Crippen MR) is 205 cm³/mol. The van der Waals surface area contributed by atoms with Crippen molar-refractivity contribution in [3.8, 4) is 44.9 Å². The lowest BCUT2D eigenvalue weighted by molar-refractivity contribution is 0.456. The van der Waals surface area contributed by atoms with Crippen molar-refractivity contribution in [3.05, 3.63) is 157 Å². The number of para-hydroxylation sites is 2. The first-order valence-electron chi connectivity index (χ1n) is 16.3. The Morgan fingerprint density at radius 1 is 0.500 bits per heavy atom. The van der Waals surface area contributed by atoms with Crippen molar-refractivity contribution >= 4 is 55.8 Å². The van der Waals surface area contributed by atoms with E-state index < -0.39 is 0 Å². The first kappa shape index (κ1) is 28.5. The molecule has 2 N–H and O–H groups in total. The van der Waals surface area contributed by atoms with E-state index in [4.69, 9.17) is 10.5 Å². The van der Waals surface area contributed by atoms with Gasteiger partial charge in [-0.3, -0.25) is 0 Å². The molecule has 0 aromatic heterocycles. The fraction of sp³-hybridized carbons (Fsp3) is 0.0222. The molecule has 0 fully saturated rings. The van der Waals surface area contributed by atoms with Gasteiger partial charge in [0.05, 0.1) is 9.79 Å². The van der Waals surface area contributed by atoms with E-state index >= 15 is 0 Å². The molecule has 228 valence electrons. The standard InChI is InChI=1S/C45H31NOS/c1-2-11-37-30(16-9-18-41(37)46)28-22-24-31(39(26-28)38-17-10-21-44-45(38)47-42-19-7-8-20-43(42)48-44)29-23-25-36-34-14-4-3-12-32(34)33-13-5-6-15-35(33)40(36)27-29/h2-27H,46H2,1H3/b11-2-. The minimum absolute atomic E-state index is 0.762. The highest BCUT2D eigenvalue weighted by Gasteiger charge is 2.23. The molecule has 0 bridgehead atoms. The highest BCUT2D eigenvalue weighted by Crippen LogP contribution is 2.52. The van der Waals surface area contributed by atoms with Crippen molar-refractivity contribution < 1.29 is 4.74 Å². The number of hydrogen-bond donors (Lipinski definition) is 1. The van der Waals surface area contributed by atoms with E-state index in [1.165, 1.54) is 32.3 Å². The van der Waals surface area contributed by atoms with Crippen LogP contribution in [0.3, 0.4) is 0 Å². The van der Waals surface area contributed by atoms with Gasteiger partial charge in [0.1, 0.15) is 11.5 Å². The fourth-order valence-corrected chi connectivity index (χ4v) is 8.19. The maximum absolute atomic E-state index is 6.70. The number of benzene rings is 8. The number of anilines is 1. The van der Waals surface area contributed by atoms with E-state index in [1.807, 2.05) is 37.3 Å². The molecule has 8 aromatic carbocycles. The fourth-order valence-electron chi connectivity index (χ4n) is 7.21. The van der Waals surface area contributed by atoms with Gasteiger partial charge >= 0.3 is 0 Å². The second-order valence-electron chi connectivity index (χ2n) is 12.2. The van der Waals surface area contributed by atoms with Crippen LogP contribution in [0.2, 0.25) is 0 Å². The molecule has 0 amide bonds. The van der Waals surface area contributed by atoms with Gasteiger partial charge in [-0.2, -0.15) is 0 Å². The van der Waals surface area contributed by atoms with Crippen LogP contribution in [0.25, 0.3) is 71.8 Å². The normalized spacial score (nSPS) is 12.4. The van der Waals surface area contributed by atoms with Gasteiger partial charge in [-0.1, -0.05) is 133 Å². The van der Waals surface area contributed by atoms with Crippen molar-refractivity contribution in [1.29, 1.82) is 0 Å². The number of fused-ring (bicyclic) bond motifs is 8. The maximum Gasteiger partial charge on any atom is 0.149 e. The molecule has 48 heavy (non-hydrogen) atoms. The van der Waals surface area contributed by atoms with Crippen LogP contribution in [0, 0.1) is 0 Å². The Labute approximate surface area is 284 Å². The average molecular weight is 634 g/mol. The summed E-state index contributed by atoms with van der Waals surface area (Å²) >= 11 is 1.76. The Balaban J connectivity index is 1.31. The molecule has 1 aliphatic heterocycles. The second kappa shape index (κ2) is 11.5. The molecule has 0 unspecified atom stereocenters. The minimum atomic E-state index is 0.762. The predicted octanol–water partition coefficient (Wildman–Crippen LogP) is 13.0. The van der Waals surface area contributed by atoms with Gasteiger partial charge in [0.2, 0.25) is 0 Å². The van der Waals surface area contributed by atoms with Crippen LogP contribution in [0.15, 0.2) is 161 Å². The van der Waals surface area contributed by atoms with E-state index in [0.29, 0.717) is 0 Å². The van der Waals surface area contributed by atoms with Crippen LogP contribution >= 0.6 is 11.8 Å². The van der Waals surface area contributed by atoms with Crippen LogP contribution in [-0.4, -0.2) is 0 Å². The van der Waals surface area contributed by atoms with Crippen molar-refractivity contribution in [2.75, 3.05) is 5.73 Å². The molecule has 0 saturated heterocycles. The molecule has 1 aliphatic rings. The Bertz CT molecular complexity index is 2560. The molecule has 9 rings (SSSR count). The summed E-state index contributed by atoms with van der Waals surface area (Å²) in [5.41, 5.74) is 15.0. The Kier molecular flexibility index (Phi) is 6.81. The number of nitrogens with two attached hydrogens (primary N) is 1. The topological polar surface area (TPSA) is 35.2 Å². The summed E-state index contributed by atoms with van der Waals surface area (Å²) in [5, 5.41) is 7.59. The summed E-state index contributed by atoms with van der Waals surface area (Å²) in [6.45, 7) is 2.03. The van der Waals surface area contributed by atoms with E-state index in [2.05, 4.69) is 127 Å². The van der Waals surface area contributed by atoms with Crippen LogP contribution < -0.4 is 10.5 Å². The van der Waals surface area contributed by atoms with Gasteiger partial charge in [0.25, 0.3) is 0 Å². The van der Waals surface area contributed by atoms with Gasteiger partial charge in [0.15, 0.2) is 0 Å². The van der Waals surface area contributed by atoms with Gasteiger partial charge in [-0.05, 0) is 103 Å². The molecule has 3 heteroatoms. The van der Waals surface area contributed by atoms with Crippen molar-refractivity contribution in [2.45, 2.75) is 16.7 Å². The van der Waals surface area contributed by atoms with E-state index in [-0.39, 0.29) is 0 Å². The number of rotatable bonds is 4. The lowest BCUT2D eigenvalue weighted by atomic mass is 9.87. The first-order valence-corrected chi connectivity index (χ1v) is 17.1. The Morgan fingerprint density at radius 3 is 1.88 bits per heavy atom. The third-order valence-electron chi connectivity index (χ3n) is 9.41. The summed E-state index contributed by atoms with van der Waals surface area (Å²) in [6.07, 6.45) is 4.14. The zero-order chi connectivity index (χ0) is 32.2. The van der Waals surface area contributed by atoms with Crippen molar-refractivity contribution in [2.24, 2.45) is 0 Å². The van der Waals surface area contributed by atoms with E-state index in [9.17, 15) is 0 Å². The number of nitrogen functional groups attached to an aromatic ring is 1. The highest BCUT2D eigenvalue weighted by molar-refractivity contribution is 7.99. The monoisotopic (exact) mass is 633 g/mol. The first-order chi connectivity index (χ1) is 23.7. The minimum Gasteiger partial charge on any atom is -0.454 e. The van der Waals surface area contributed by atoms with Crippen molar-refractivity contribution in [3.63, 3.8) is 0 Å². The van der Waals surface area contributed by atoms with E-state index in [1.54, 1.807) is 11.8 Å². The SMILES string of the molecule is C/C=C\c1c(N)cccc1-c1ccc(-c2ccc3c4ccccc4c4ccccc4c3c2)c(-c2cccc3c2Oc2ccccc2S3)c1. The van der Waals surface area contributed by atoms with Gasteiger partial charge in [-0.15, -0.1) is 0 Å². The summed E-state index contributed by atoms with van der Waals surface area (Å²) in [7, 11) is 0. The van der Waals surface area contributed by atoms with Gasteiger partial charge < -0.3 is 10.5 Å². The summed E-state index contributed by atoms with van der Waals surface area (Å²) in [5.74, 6) is 1.77. The highest BCUT2D eigenvalue weighted by atomic mass is 32.2. The number of hydrogen-bond acceptors (Lipinski definition) is 3. The molecule has 0 saturated carbocycles. The maximum atomic E-state index is 6.70. The van der Waals surface area contributed by atoms with Gasteiger partial charge in [-0.25, -0.2) is 0 Å². The molecular formula is C45H31NOS. The Morgan fingerprint density at radius 2 is 1.10 bits per heavy atom. The van der Waals surface area contributed by atoms with Gasteiger partial charge in [0, 0.05) is 16.8 Å². The molecule has 0 spiro atoms. The molecular weight excluding hydrogens is 603 g/mol. The summed E-state index contributed by atoms with van der Waals surface area (Å²) in [4.78, 5) is 2.23. The quantitative estimate of drug-likeness (QED) is 0.155. The van der Waals surface area contributed by atoms with Crippen LogP contribution in [0.5, 0.6) is 11.5 Å². The molecule has 1 heterocycles. The number of allylic oxidation sites excluding steroid dienone is 1. The number of ether oxygens (including phenoxy) is 1. The smallest absolute Gasteiger partial charge is 0.149 e. The summed E-state index contributed by atoms with van der Waals surface area (Å²) < 4.78 is 6.70. The zero-order valence-corrected chi connectivity index (χ0v) is 27.2. The lowest BCUT2D eigenvalue weighted by Crippen LogP contribution is -1.98. The second-order valence-corrected chi connectivity index (χ2v) is 13.3. The summed E-state index contributed by atoms with van der Waals surface area (Å²) in [6, 6.07) is 52.1. The third kappa shape index (κ3) is 4.58. The van der Waals surface area contributed by atoms with Crippen LogP contribution in [0.4, 0.5) is 5.69 Å². The molecule has 0 atom stereocenters. The lowest BCUT2D eigenvalue weighted by Gasteiger charge is -2.23. The van der Waals surface area contributed by atoms with Crippen LogP contribution in [0.1, 0.15) is 12.5 Å².